The molecule has 0 saturated carbocycles. The number of rotatable bonds is 3. The van der Waals surface area contributed by atoms with Crippen LogP contribution in [0.15, 0.2) is 11.8 Å². The SMILES string of the molecule is CC/C(=C/OC(C)=O)C(=O)O. The van der Waals surface area contributed by atoms with Crippen molar-refractivity contribution in [1.29, 1.82) is 0 Å². The molecule has 0 fully saturated rings. The van der Waals surface area contributed by atoms with E-state index in [9.17, 15) is 9.59 Å². The van der Waals surface area contributed by atoms with Crippen molar-refractivity contribution in [3.8, 4) is 0 Å². The lowest BCUT2D eigenvalue weighted by Gasteiger charge is -1.96. The maximum atomic E-state index is 10.3. The predicted octanol–water partition coefficient (Wildman–Crippen LogP) is 0.928. The molecule has 0 bridgehead atoms. The summed E-state index contributed by atoms with van der Waals surface area (Å²) in [6.07, 6.45) is 1.30. The third kappa shape index (κ3) is 4.13. The number of carboxylic acid groups (broad SMARTS) is 1. The van der Waals surface area contributed by atoms with E-state index in [-0.39, 0.29) is 5.57 Å². The van der Waals surface area contributed by atoms with Gasteiger partial charge in [0.2, 0.25) is 0 Å². The highest BCUT2D eigenvalue weighted by atomic mass is 16.5. The average molecular weight is 158 g/mol. The van der Waals surface area contributed by atoms with E-state index in [1.807, 2.05) is 0 Å². The smallest absolute Gasteiger partial charge is 0.334 e. The highest BCUT2D eigenvalue weighted by Crippen LogP contribution is 2.00. The molecule has 0 rings (SSSR count). The van der Waals surface area contributed by atoms with Gasteiger partial charge in [-0.05, 0) is 6.42 Å². The second-order valence-corrected chi connectivity index (χ2v) is 1.91. The Kier molecular flexibility index (Phi) is 3.95. The molecule has 0 aliphatic rings. The number of aliphatic carboxylic acids is 1. The highest BCUT2D eigenvalue weighted by Gasteiger charge is 2.04. The summed E-state index contributed by atoms with van der Waals surface area (Å²) in [6, 6.07) is 0. The Morgan fingerprint density at radius 3 is 2.36 bits per heavy atom. The van der Waals surface area contributed by atoms with Crippen molar-refractivity contribution in [1.82, 2.24) is 0 Å². The van der Waals surface area contributed by atoms with Crippen molar-refractivity contribution in [2.75, 3.05) is 0 Å². The summed E-state index contributed by atoms with van der Waals surface area (Å²) in [6.45, 7) is 2.88. The molecule has 0 atom stereocenters. The first kappa shape index (κ1) is 9.68. The van der Waals surface area contributed by atoms with Crippen molar-refractivity contribution in [2.45, 2.75) is 20.3 Å². The first-order valence-electron chi connectivity index (χ1n) is 3.17. The fourth-order valence-corrected chi connectivity index (χ4v) is 0.439. The molecule has 4 nitrogen and oxygen atoms in total. The van der Waals surface area contributed by atoms with Gasteiger partial charge in [0, 0.05) is 6.92 Å². The van der Waals surface area contributed by atoms with Crippen LogP contribution in [-0.2, 0) is 14.3 Å². The third-order valence-electron chi connectivity index (χ3n) is 1.02. The minimum absolute atomic E-state index is 0.0835. The number of ether oxygens (including phenoxy) is 1. The molecule has 0 unspecified atom stereocenters. The van der Waals surface area contributed by atoms with Crippen molar-refractivity contribution >= 4 is 11.9 Å². The third-order valence-corrected chi connectivity index (χ3v) is 1.02. The van der Waals surface area contributed by atoms with Gasteiger partial charge in [-0.15, -0.1) is 0 Å². The van der Waals surface area contributed by atoms with E-state index >= 15 is 0 Å². The molecule has 4 heteroatoms. The number of hydrogen-bond donors (Lipinski definition) is 1. The Morgan fingerprint density at radius 1 is 1.55 bits per heavy atom. The minimum atomic E-state index is -1.06. The Balaban J connectivity index is 4.13. The summed E-state index contributed by atoms with van der Waals surface area (Å²) in [7, 11) is 0. The molecular weight excluding hydrogens is 148 g/mol. The molecule has 1 N–H and O–H groups in total. The van der Waals surface area contributed by atoms with Crippen molar-refractivity contribution < 1.29 is 19.4 Å². The lowest BCUT2D eigenvalue weighted by Crippen LogP contribution is -2.01. The van der Waals surface area contributed by atoms with E-state index in [4.69, 9.17) is 5.11 Å². The molecule has 0 spiro atoms. The van der Waals surface area contributed by atoms with Crippen LogP contribution in [-0.4, -0.2) is 17.0 Å². The summed E-state index contributed by atoms with van der Waals surface area (Å²) < 4.78 is 4.37. The fraction of sp³-hybridized carbons (Fsp3) is 0.429. The number of carbonyl (C=O) groups excluding carboxylic acids is 1. The lowest BCUT2D eigenvalue weighted by molar-refractivity contribution is -0.135. The Bertz CT molecular complexity index is 193. The molecule has 0 aromatic heterocycles. The number of carbonyl (C=O) groups is 2. The summed E-state index contributed by atoms with van der Waals surface area (Å²) in [5.41, 5.74) is 0.0835. The maximum absolute atomic E-state index is 10.3. The lowest BCUT2D eigenvalue weighted by atomic mass is 10.2. The van der Waals surface area contributed by atoms with Crippen LogP contribution in [0.3, 0.4) is 0 Å². The van der Waals surface area contributed by atoms with Gasteiger partial charge in [-0.25, -0.2) is 4.79 Å². The van der Waals surface area contributed by atoms with Crippen LogP contribution in [0.1, 0.15) is 20.3 Å². The first-order chi connectivity index (χ1) is 5.07. The van der Waals surface area contributed by atoms with Crippen LogP contribution < -0.4 is 0 Å². The van der Waals surface area contributed by atoms with Crippen molar-refractivity contribution in [3.63, 3.8) is 0 Å². The molecule has 0 saturated heterocycles. The Labute approximate surface area is 64.5 Å². The van der Waals surface area contributed by atoms with Crippen LogP contribution in [0.25, 0.3) is 0 Å². The fourth-order valence-electron chi connectivity index (χ4n) is 0.439. The van der Waals surface area contributed by atoms with Gasteiger partial charge in [0.1, 0.15) is 6.26 Å². The zero-order valence-electron chi connectivity index (χ0n) is 6.46. The molecule has 11 heavy (non-hydrogen) atoms. The summed E-state index contributed by atoms with van der Waals surface area (Å²) >= 11 is 0. The van der Waals surface area contributed by atoms with E-state index < -0.39 is 11.9 Å². The molecule has 0 aliphatic heterocycles. The van der Waals surface area contributed by atoms with Crippen LogP contribution in [0, 0.1) is 0 Å². The van der Waals surface area contributed by atoms with Gasteiger partial charge in [0.15, 0.2) is 0 Å². The molecule has 0 aliphatic carbocycles. The number of hydrogen-bond acceptors (Lipinski definition) is 3. The highest BCUT2D eigenvalue weighted by molar-refractivity contribution is 5.86. The normalized spacial score (nSPS) is 10.9. The molecule has 62 valence electrons. The van der Waals surface area contributed by atoms with Gasteiger partial charge in [-0.3, -0.25) is 4.79 Å². The van der Waals surface area contributed by atoms with Gasteiger partial charge >= 0.3 is 11.9 Å². The standard InChI is InChI=1S/C7H10O4/c1-3-6(7(9)10)4-11-5(2)8/h4H,3H2,1-2H3,(H,9,10)/b6-4-. The van der Waals surface area contributed by atoms with Gasteiger partial charge < -0.3 is 9.84 Å². The van der Waals surface area contributed by atoms with Crippen LogP contribution >= 0.6 is 0 Å². The monoisotopic (exact) mass is 158 g/mol. The molecule has 0 radical (unpaired) electrons. The average Bonchev–Trinajstić information content (AvgIpc) is 1.87. The second-order valence-electron chi connectivity index (χ2n) is 1.91. The molecule has 0 aromatic rings. The van der Waals surface area contributed by atoms with Crippen LogP contribution in [0.5, 0.6) is 0 Å². The predicted molar refractivity (Wildman–Crippen MR) is 37.8 cm³/mol. The maximum Gasteiger partial charge on any atom is 0.334 e. The summed E-state index contributed by atoms with van der Waals surface area (Å²) in [5, 5.41) is 8.43. The first-order valence-corrected chi connectivity index (χ1v) is 3.17. The largest absolute Gasteiger partial charge is 0.478 e. The summed E-state index contributed by atoms with van der Waals surface area (Å²) in [4.78, 5) is 20.5. The number of carboxylic acids is 1. The minimum Gasteiger partial charge on any atom is -0.478 e. The van der Waals surface area contributed by atoms with Gasteiger partial charge in [-0.2, -0.15) is 0 Å². The van der Waals surface area contributed by atoms with Gasteiger partial charge in [0.05, 0.1) is 5.57 Å². The Morgan fingerprint density at radius 2 is 2.09 bits per heavy atom. The van der Waals surface area contributed by atoms with E-state index in [0.29, 0.717) is 6.42 Å². The molecule has 0 aromatic carbocycles. The zero-order valence-corrected chi connectivity index (χ0v) is 6.46. The van der Waals surface area contributed by atoms with E-state index in [1.165, 1.54) is 6.92 Å². The van der Waals surface area contributed by atoms with Crippen LogP contribution in [0.2, 0.25) is 0 Å². The van der Waals surface area contributed by atoms with Crippen molar-refractivity contribution in [3.05, 3.63) is 11.8 Å². The quantitative estimate of drug-likeness (QED) is 0.377. The van der Waals surface area contributed by atoms with Gasteiger partial charge in [0.25, 0.3) is 0 Å². The molecule has 0 amide bonds. The molecular formula is C7H10O4. The second kappa shape index (κ2) is 4.49. The van der Waals surface area contributed by atoms with Gasteiger partial charge in [-0.1, -0.05) is 6.92 Å². The van der Waals surface area contributed by atoms with E-state index in [1.54, 1.807) is 6.92 Å². The topological polar surface area (TPSA) is 63.6 Å². The zero-order chi connectivity index (χ0) is 8.85. The van der Waals surface area contributed by atoms with E-state index in [0.717, 1.165) is 6.26 Å². The summed E-state index contributed by atoms with van der Waals surface area (Å²) in [5.74, 6) is -1.58. The van der Waals surface area contributed by atoms with Crippen LogP contribution in [0.4, 0.5) is 0 Å². The number of esters is 1. The Hall–Kier alpha value is -1.32. The van der Waals surface area contributed by atoms with E-state index in [2.05, 4.69) is 4.74 Å². The molecule has 0 heterocycles. The van der Waals surface area contributed by atoms with Crippen molar-refractivity contribution in [2.24, 2.45) is 0 Å².